The van der Waals surface area contributed by atoms with Gasteiger partial charge in [-0.1, -0.05) is 43.7 Å². The predicted molar refractivity (Wildman–Crippen MR) is 106 cm³/mol. The van der Waals surface area contributed by atoms with Crippen LogP contribution in [-0.4, -0.2) is 50.1 Å². The van der Waals surface area contributed by atoms with Crippen molar-refractivity contribution in [2.75, 3.05) is 33.2 Å². The van der Waals surface area contributed by atoms with Crippen molar-refractivity contribution >= 4 is 5.96 Å². The second kappa shape index (κ2) is 8.70. The van der Waals surface area contributed by atoms with Gasteiger partial charge in [-0.3, -0.25) is 4.99 Å². The third-order valence-electron chi connectivity index (χ3n) is 5.98. The Kier molecular flexibility index (Phi) is 6.35. The molecule has 138 valence electrons. The van der Waals surface area contributed by atoms with E-state index in [1.165, 1.54) is 63.7 Å². The number of likely N-dealkylation sites (tertiary alicyclic amines) is 1. The molecular formula is C21H34N4. The van der Waals surface area contributed by atoms with E-state index in [0.29, 0.717) is 11.5 Å². The van der Waals surface area contributed by atoms with Gasteiger partial charge in [-0.15, -0.1) is 0 Å². The van der Waals surface area contributed by atoms with Crippen molar-refractivity contribution in [1.29, 1.82) is 0 Å². The molecule has 1 saturated heterocycles. The summed E-state index contributed by atoms with van der Waals surface area (Å²) < 4.78 is 0. The van der Waals surface area contributed by atoms with Gasteiger partial charge in [-0.25, -0.2) is 0 Å². The summed E-state index contributed by atoms with van der Waals surface area (Å²) in [6.07, 6.45) is 7.56. The molecule has 1 aliphatic carbocycles. The first-order valence-electron chi connectivity index (χ1n) is 10.0. The van der Waals surface area contributed by atoms with Gasteiger partial charge >= 0.3 is 0 Å². The van der Waals surface area contributed by atoms with Crippen LogP contribution in [0.5, 0.6) is 0 Å². The average Bonchev–Trinajstić information content (AvgIpc) is 2.62. The summed E-state index contributed by atoms with van der Waals surface area (Å²) in [7, 11) is 1.89. The van der Waals surface area contributed by atoms with Crippen LogP contribution in [0, 0.1) is 0 Å². The summed E-state index contributed by atoms with van der Waals surface area (Å²) in [5.74, 6) is 0.969. The van der Waals surface area contributed by atoms with Crippen LogP contribution in [-0.2, 0) is 5.41 Å². The van der Waals surface area contributed by atoms with Crippen molar-refractivity contribution in [3.05, 3.63) is 35.9 Å². The summed E-state index contributed by atoms with van der Waals surface area (Å²) in [5.41, 5.74) is 1.76. The van der Waals surface area contributed by atoms with Crippen molar-refractivity contribution in [3.63, 3.8) is 0 Å². The lowest BCUT2D eigenvalue weighted by molar-refractivity contribution is 0.205. The van der Waals surface area contributed by atoms with Crippen molar-refractivity contribution in [2.45, 2.75) is 56.9 Å². The standard InChI is InChI=1S/C21H34N4/c1-3-14-25-15-10-19(11-16-25)24-20(22-2)23-17-21(12-7-13-21)18-8-5-4-6-9-18/h4-6,8-9,19H,3,7,10-17H2,1-2H3,(H2,22,23,24). The Hall–Kier alpha value is -1.55. The molecule has 1 aromatic rings. The molecule has 0 spiro atoms. The minimum Gasteiger partial charge on any atom is -0.356 e. The molecule has 25 heavy (non-hydrogen) atoms. The fourth-order valence-corrected chi connectivity index (χ4v) is 4.22. The Balaban J connectivity index is 1.50. The molecule has 0 aromatic heterocycles. The summed E-state index contributed by atoms with van der Waals surface area (Å²) in [5, 5.41) is 7.27. The van der Waals surface area contributed by atoms with Gasteiger partial charge in [0.2, 0.25) is 0 Å². The van der Waals surface area contributed by atoms with Crippen LogP contribution in [0.4, 0.5) is 0 Å². The molecule has 0 bridgehead atoms. The Labute approximate surface area is 153 Å². The number of hydrogen-bond acceptors (Lipinski definition) is 2. The highest BCUT2D eigenvalue weighted by atomic mass is 15.2. The van der Waals surface area contributed by atoms with Gasteiger partial charge in [0.05, 0.1) is 0 Å². The third kappa shape index (κ3) is 4.55. The fourth-order valence-electron chi connectivity index (χ4n) is 4.22. The molecule has 0 atom stereocenters. The molecule has 2 aliphatic rings. The zero-order valence-electron chi connectivity index (χ0n) is 15.9. The predicted octanol–water partition coefficient (Wildman–Crippen LogP) is 3.15. The second-order valence-corrected chi connectivity index (χ2v) is 7.69. The van der Waals surface area contributed by atoms with Crippen LogP contribution in [0.15, 0.2) is 35.3 Å². The highest BCUT2D eigenvalue weighted by Crippen LogP contribution is 2.43. The van der Waals surface area contributed by atoms with E-state index in [4.69, 9.17) is 0 Å². The van der Waals surface area contributed by atoms with Crippen LogP contribution in [0.1, 0.15) is 51.0 Å². The van der Waals surface area contributed by atoms with Crippen molar-refractivity contribution in [1.82, 2.24) is 15.5 Å². The molecule has 3 rings (SSSR count). The number of benzene rings is 1. The maximum Gasteiger partial charge on any atom is 0.191 e. The third-order valence-corrected chi connectivity index (χ3v) is 5.98. The molecule has 2 N–H and O–H groups in total. The van der Waals surface area contributed by atoms with Crippen LogP contribution in [0.2, 0.25) is 0 Å². The molecule has 1 aliphatic heterocycles. The number of nitrogens with zero attached hydrogens (tertiary/aromatic N) is 2. The van der Waals surface area contributed by atoms with Gasteiger partial charge in [0.15, 0.2) is 5.96 Å². The van der Waals surface area contributed by atoms with Crippen LogP contribution in [0.3, 0.4) is 0 Å². The SMILES string of the molecule is CCCN1CCC(NC(=NC)NCC2(c3ccccc3)CCC2)CC1. The van der Waals surface area contributed by atoms with Crippen LogP contribution in [0.25, 0.3) is 0 Å². The molecule has 1 heterocycles. The zero-order valence-corrected chi connectivity index (χ0v) is 15.9. The molecule has 4 heteroatoms. The maximum atomic E-state index is 4.47. The number of piperidine rings is 1. The zero-order chi connectivity index (χ0) is 17.5. The first-order chi connectivity index (χ1) is 12.3. The molecule has 4 nitrogen and oxygen atoms in total. The molecular weight excluding hydrogens is 308 g/mol. The minimum atomic E-state index is 0.295. The summed E-state index contributed by atoms with van der Waals surface area (Å²) in [6, 6.07) is 11.5. The van der Waals surface area contributed by atoms with Gasteiger partial charge in [-0.2, -0.15) is 0 Å². The van der Waals surface area contributed by atoms with E-state index in [9.17, 15) is 0 Å². The molecule has 1 aromatic carbocycles. The second-order valence-electron chi connectivity index (χ2n) is 7.69. The van der Waals surface area contributed by atoms with E-state index in [2.05, 4.69) is 57.8 Å². The minimum absolute atomic E-state index is 0.295. The Morgan fingerprint density at radius 2 is 1.92 bits per heavy atom. The topological polar surface area (TPSA) is 39.7 Å². The summed E-state index contributed by atoms with van der Waals surface area (Å²) >= 11 is 0. The number of hydrogen-bond donors (Lipinski definition) is 2. The molecule has 0 unspecified atom stereocenters. The molecule has 0 radical (unpaired) electrons. The largest absolute Gasteiger partial charge is 0.356 e. The Morgan fingerprint density at radius 3 is 2.48 bits per heavy atom. The Morgan fingerprint density at radius 1 is 1.20 bits per heavy atom. The quantitative estimate of drug-likeness (QED) is 0.616. The van der Waals surface area contributed by atoms with Crippen molar-refractivity contribution in [2.24, 2.45) is 4.99 Å². The first-order valence-corrected chi connectivity index (χ1v) is 10.0. The monoisotopic (exact) mass is 342 g/mol. The smallest absolute Gasteiger partial charge is 0.191 e. The van der Waals surface area contributed by atoms with Gasteiger partial charge in [-0.05, 0) is 44.2 Å². The van der Waals surface area contributed by atoms with E-state index in [1.807, 2.05) is 7.05 Å². The van der Waals surface area contributed by atoms with Crippen LogP contribution >= 0.6 is 0 Å². The fraction of sp³-hybridized carbons (Fsp3) is 0.667. The average molecular weight is 343 g/mol. The van der Waals surface area contributed by atoms with E-state index < -0.39 is 0 Å². The van der Waals surface area contributed by atoms with Gasteiger partial charge in [0.1, 0.15) is 0 Å². The van der Waals surface area contributed by atoms with E-state index in [1.54, 1.807) is 0 Å². The number of aliphatic imine (C=N–C) groups is 1. The summed E-state index contributed by atoms with van der Waals surface area (Å²) in [6.45, 7) is 6.89. The normalized spacial score (nSPS) is 21.6. The first kappa shape index (κ1) is 18.2. The summed E-state index contributed by atoms with van der Waals surface area (Å²) in [4.78, 5) is 7.05. The Bertz CT molecular complexity index is 542. The van der Waals surface area contributed by atoms with E-state index >= 15 is 0 Å². The highest BCUT2D eigenvalue weighted by molar-refractivity contribution is 5.80. The van der Waals surface area contributed by atoms with Gasteiger partial charge in [0, 0.05) is 38.1 Å². The number of guanidine groups is 1. The van der Waals surface area contributed by atoms with Crippen LogP contribution < -0.4 is 10.6 Å². The lowest BCUT2D eigenvalue weighted by Gasteiger charge is -2.43. The number of nitrogens with one attached hydrogen (secondary N) is 2. The van der Waals surface area contributed by atoms with E-state index in [-0.39, 0.29) is 0 Å². The van der Waals surface area contributed by atoms with Crippen molar-refractivity contribution < 1.29 is 0 Å². The van der Waals surface area contributed by atoms with Gasteiger partial charge in [0.25, 0.3) is 0 Å². The van der Waals surface area contributed by atoms with Gasteiger partial charge < -0.3 is 15.5 Å². The number of rotatable bonds is 6. The lowest BCUT2D eigenvalue weighted by atomic mass is 9.64. The molecule has 2 fully saturated rings. The lowest BCUT2D eigenvalue weighted by Crippen LogP contribution is -2.52. The molecule has 0 amide bonds. The highest BCUT2D eigenvalue weighted by Gasteiger charge is 2.38. The molecule has 1 saturated carbocycles. The van der Waals surface area contributed by atoms with E-state index in [0.717, 1.165) is 12.5 Å². The van der Waals surface area contributed by atoms with Crippen molar-refractivity contribution in [3.8, 4) is 0 Å². The maximum absolute atomic E-state index is 4.47.